The standard InChI is InChI=1S/C13H18ClN3O2/c14-9-4-5-11(13(15)16-19)12(8-9)17(6-7-18)10-2-1-3-10/h4-5,8,10,18-19H,1-3,6-7H2,(H2,15,16). The predicted octanol–water partition coefficient (Wildman–Crippen LogP) is 1.79. The van der Waals surface area contributed by atoms with Crippen LogP contribution in [-0.4, -0.2) is 35.3 Å². The maximum atomic E-state index is 9.24. The van der Waals surface area contributed by atoms with Crippen molar-refractivity contribution in [3.05, 3.63) is 28.8 Å². The minimum absolute atomic E-state index is 0.0499. The molecule has 4 N–H and O–H groups in total. The number of hydrogen-bond donors (Lipinski definition) is 3. The number of rotatable bonds is 5. The Labute approximate surface area is 117 Å². The van der Waals surface area contributed by atoms with Crippen LogP contribution in [0, 0.1) is 0 Å². The maximum Gasteiger partial charge on any atom is 0.172 e. The molecule has 0 amide bonds. The van der Waals surface area contributed by atoms with E-state index in [4.69, 9.17) is 22.5 Å². The molecule has 0 bridgehead atoms. The lowest BCUT2D eigenvalue weighted by Crippen LogP contribution is -2.43. The first-order valence-corrected chi connectivity index (χ1v) is 6.70. The molecular weight excluding hydrogens is 266 g/mol. The van der Waals surface area contributed by atoms with Gasteiger partial charge < -0.3 is 20.9 Å². The molecule has 1 aromatic carbocycles. The second kappa shape index (κ2) is 6.12. The molecule has 2 rings (SSSR count). The highest BCUT2D eigenvalue weighted by molar-refractivity contribution is 6.31. The number of anilines is 1. The first kappa shape index (κ1) is 14.0. The van der Waals surface area contributed by atoms with Crippen LogP contribution in [0.3, 0.4) is 0 Å². The van der Waals surface area contributed by atoms with Crippen molar-refractivity contribution in [3.63, 3.8) is 0 Å². The van der Waals surface area contributed by atoms with E-state index in [0.717, 1.165) is 18.5 Å². The van der Waals surface area contributed by atoms with Gasteiger partial charge >= 0.3 is 0 Å². The fraction of sp³-hybridized carbons (Fsp3) is 0.462. The van der Waals surface area contributed by atoms with Gasteiger partial charge in [0.1, 0.15) is 0 Å². The molecule has 0 heterocycles. The average Bonchev–Trinajstić information content (AvgIpc) is 2.35. The molecular formula is C13H18ClN3O2. The first-order chi connectivity index (χ1) is 9.17. The van der Waals surface area contributed by atoms with Gasteiger partial charge in [-0.3, -0.25) is 0 Å². The van der Waals surface area contributed by atoms with Gasteiger partial charge in [0.15, 0.2) is 5.84 Å². The summed E-state index contributed by atoms with van der Waals surface area (Å²) in [6.45, 7) is 0.565. The van der Waals surface area contributed by atoms with Crippen molar-refractivity contribution >= 4 is 23.1 Å². The van der Waals surface area contributed by atoms with E-state index in [1.165, 1.54) is 6.42 Å². The largest absolute Gasteiger partial charge is 0.409 e. The highest BCUT2D eigenvalue weighted by atomic mass is 35.5. The summed E-state index contributed by atoms with van der Waals surface area (Å²) in [6.07, 6.45) is 3.36. The fourth-order valence-electron chi connectivity index (χ4n) is 2.32. The summed E-state index contributed by atoms with van der Waals surface area (Å²) in [4.78, 5) is 2.09. The third kappa shape index (κ3) is 2.93. The van der Waals surface area contributed by atoms with Crippen molar-refractivity contribution in [2.75, 3.05) is 18.1 Å². The summed E-state index contributed by atoms with van der Waals surface area (Å²) < 4.78 is 0. The minimum Gasteiger partial charge on any atom is -0.409 e. The van der Waals surface area contributed by atoms with E-state index < -0.39 is 0 Å². The minimum atomic E-state index is 0.0499. The molecule has 0 atom stereocenters. The molecule has 5 nitrogen and oxygen atoms in total. The van der Waals surface area contributed by atoms with E-state index in [0.29, 0.717) is 23.2 Å². The molecule has 6 heteroatoms. The first-order valence-electron chi connectivity index (χ1n) is 6.32. The van der Waals surface area contributed by atoms with Crippen LogP contribution in [0.25, 0.3) is 0 Å². The lowest BCUT2D eigenvalue weighted by molar-refractivity contribution is 0.283. The molecule has 1 saturated carbocycles. The van der Waals surface area contributed by atoms with Gasteiger partial charge in [-0.25, -0.2) is 0 Å². The Hall–Kier alpha value is -1.46. The Bertz CT molecular complexity index is 475. The third-order valence-electron chi connectivity index (χ3n) is 3.51. The van der Waals surface area contributed by atoms with Crippen LogP contribution in [0.15, 0.2) is 23.4 Å². The molecule has 19 heavy (non-hydrogen) atoms. The Kier molecular flexibility index (Phi) is 4.50. The normalized spacial score (nSPS) is 16.2. The van der Waals surface area contributed by atoms with Crippen LogP contribution in [0.4, 0.5) is 5.69 Å². The highest BCUT2D eigenvalue weighted by Crippen LogP contribution is 2.33. The van der Waals surface area contributed by atoms with Crippen molar-refractivity contribution in [1.29, 1.82) is 0 Å². The second-order valence-electron chi connectivity index (χ2n) is 4.65. The molecule has 1 aromatic rings. The monoisotopic (exact) mass is 283 g/mol. The number of aliphatic hydroxyl groups excluding tert-OH is 1. The Morgan fingerprint density at radius 3 is 2.74 bits per heavy atom. The predicted molar refractivity (Wildman–Crippen MR) is 76.0 cm³/mol. The SMILES string of the molecule is N/C(=N/O)c1ccc(Cl)cc1N(CCO)C1CCC1. The summed E-state index contributed by atoms with van der Waals surface area (Å²) in [5, 5.41) is 21.7. The molecule has 1 aliphatic carbocycles. The smallest absolute Gasteiger partial charge is 0.172 e. The summed E-state index contributed by atoms with van der Waals surface area (Å²) in [5.41, 5.74) is 7.15. The van der Waals surface area contributed by atoms with Crippen LogP contribution in [-0.2, 0) is 0 Å². The molecule has 0 aliphatic heterocycles. The van der Waals surface area contributed by atoms with Crippen LogP contribution >= 0.6 is 11.6 Å². The van der Waals surface area contributed by atoms with Crippen LogP contribution in [0.5, 0.6) is 0 Å². The summed E-state index contributed by atoms with van der Waals surface area (Å²) in [7, 11) is 0. The van der Waals surface area contributed by atoms with Crippen LogP contribution < -0.4 is 10.6 Å². The van der Waals surface area contributed by atoms with Gasteiger partial charge in [-0.05, 0) is 37.5 Å². The lowest BCUT2D eigenvalue weighted by Gasteiger charge is -2.39. The number of halogens is 1. The number of oxime groups is 1. The molecule has 1 fully saturated rings. The van der Waals surface area contributed by atoms with E-state index in [1.807, 2.05) is 0 Å². The van der Waals surface area contributed by atoms with Crippen molar-refractivity contribution < 1.29 is 10.3 Å². The zero-order chi connectivity index (χ0) is 13.8. The quantitative estimate of drug-likeness (QED) is 0.333. The van der Waals surface area contributed by atoms with Gasteiger partial charge in [0.05, 0.1) is 6.61 Å². The fourth-order valence-corrected chi connectivity index (χ4v) is 2.49. The average molecular weight is 284 g/mol. The van der Waals surface area contributed by atoms with E-state index in [-0.39, 0.29) is 12.4 Å². The summed E-state index contributed by atoms with van der Waals surface area (Å²) in [6, 6.07) is 5.62. The second-order valence-corrected chi connectivity index (χ2v) is 5.08. The molecule has 0 aromatic heterocycles. The summed E-state index contributed by atoms with van der Waals surface area (Å²) in [5.74, 6) is 0.0499. The van der Waals surface area contributed by atoms with Crippen LogP contribution in [0.2, 0.25) is 5.02 Å². The number of benzene rings is 1. The Morgan fingerprint density at radius 1 is 1.47 bits per heavy atom. The van der Waals surface area contributed by atoms with Crippen molar-refractivity contribution in [3.8, 4) is 0 Å². The van der Waals surface area contributed by atoms with Gasteiger partial charge in [-0.1, -0.05) is 16.8 Å². The molecule has 104 valence electrons. The third-order valence-corrected chi connectivity index (χ3v) is 3.74. The van der Waals surface area contributed by atoms with E-state index in [1.54, 1.807) is 18.2 Å². The Balaban J connectivity index is 2.41. The zero-order valence-electron chi connectivity index (χ0n) is 10.6. The van der Waals surface area contributed by atoms with Crippen molar-refractivity contribution in [2.45, 2.75) is 25.3 Å². The van der Waals surface area contributed by atoms with Gasteiger partial charge in [0.2, 0.25) is 0 Å². The lowest BCUT2D eigenvalue weighted by atomic mass is 9.90. The van der Waals surface area contributed by atoms with Gasteiger partial charge in [-0.2, -0.15) is 0 Å². The highest BCUT2D eigenvalue weighted by Gasteiger charge is 2.27. The molecule has 0 unspecified atom stereocenters. The van der Waals surface area contributed by atoms with Crippen molar-refractivity contribution in [1.82, 2.24) is 0 Å². The number of nitrogens with zero attached hydrogens (tertiary/aromatic N) is 2. The number of hydrogen-bond acceptors (Lipinski definition) is 4. The Morgan fingerprint density at radius 2 is 2.21 bits per heavy atom. The number of aliphatic hydroxyl groups is 1. The maximum absolute atomic E-state index is 9.24. The number of nitrogens with two attached hydrogens (primary N) is 1. The van der Waals surface area contributed by atoms with E-state index >= 15 is 0 Å². The van der Waals surface area contributed by atoms with Gasteiger partial charge in [-0.15, -0.1) is 0 Å². The summed E-state index contributed by atoms with van der Waals surface area (Å²) >= 11 is 6.04. The van der Waals surface area contributed by atoms with E-state index in [2.05, 4.69) is 10.1 Å². The molecule has 1 aliphatic rings. The van der Waals surface area contributed by atoms with Crippen molar-refractivity contribution in [2.24, 2.45) is 10.9 Å². The molecule has 0 spiro atoms. The number of amidine groups is 1. The molecule has 0 saturated heterocycles. The molecule has 0 radical (unpaired) electrons. The van der Waals surface area contributed by atoms with Gasteiger partial charge in [0.25, 0.3) is 0 Å². The van der Waals surface area contributed by atoms with Crippen LogP contribution in [0.1, 0.15) is 24.8 Å². The van der Waals surface area contributed by atoms with Gasteiger partial charge in [0, 0.05) is 28.9 Å². The van der Waals surface area contributed by atoms with E-state index in [9.17, 15) is 5.11 Å². The zero-order valence-corrected chi connectivity index (χ0v) is 11.3. The topological polar surface area (TPSA) is 82.1 Å².